The minimum Gasteiger partial charge on any atom is -0.348 e. The Bertz CT molecular complexity index is 954. The molecule has 0 unspecified atom stereocenters. The van der Waals surface area contributed by atoms with Crippen LogP contribution in [-0.2, 0) is 11.3 Å². The molecule has 130 valence electrons. The van der Waals surface area contributed by atoms with E-state index < -0.39 is 0 Å². The van der Waals surface area contributed by atoms with Crippen molar-refractivity contribution >= 4 is 29.3 Å². The van der Waals surface area contributed by atoms with Crippen molar-refractivity contribution < 1.29 is 9.59 Å². The van der Waals surface area contributed by atoms with Crippen LogP contribution in [-0.4, -0.2) is 32.3 Å². The van der Waals surface area contributed by atoms with Gasteiger partial charge in [0.25, 0.3) is 5.91 Å². The summed E-state index contributed by atoms with van der Waals surface area (Å²) in [5, 5.41) is 9.76. The van der Waals surface area contributed by atoms with Gasteiger partial charge < -0.3 is 10.6 Å². The molecule has 1 aliphatic heterocycles. The highest BCUT2D eigenvalue weighted by molar-refractivity contribution is 8.00. The molecule has 3 aromatic rings. The number of anilines is 1. The smallest absolute Gasteiger partial charge is 0.251 e. The van der Waals surface area contributed by atoms with Crippen molar-refractivity contribution in [3.63, 3.8) is 0 Å². The Morgan fingerprint density at radius 1 is 1.23 bits per heavy atom. The number of rotatable bonds is 4. The van der Waals surface area contributed by atoms with Gasteiger partial charge in [0.1, 0.15) is 12.7 Å². The van der Waals surface area contributed by atoms with E-state index in [2.05, 4.69) is 20.7 Å². The molecule has 2 aromatic carbocycles. The number of nitrogens with zero attached hydrogens (tertiary/aromatic N) is 3. The van der Waals surface area contributed by atoms with Crippen molar-refractivity contribution in [3.8, 4) is 5.69 Å². The fraction of sp³-hybridized carbons (Fsp3) is 0.111. The lowest BCUT2D eigenvalue weighted by Gasteiger charge is -2.17. The van der Waals surface area contributed by atoms with Crippen molar-refractivity contribution in [2.24, 2.45) is 0 Å². The molecule has 0 atom stereocenters. The molecule has 0 spiro atoms. The Balaban J connectivity index is 1.41. The van der Waals surface area contributed by atoms with Crippen molar-refractivity contribution in [1.29, 1.82) is 0 Å². The minimum absolute atomic E-state index is 0.0486. The zero-order valence-electron chi connectivity index (χ0n) is 13.7. The summed E-state index contributed by atoms with van der Waals surface area (Å²) in [7, 11) is 0. The number of thioether (sulfide) groups is 1. The van der Waals surface area contributed by atoms with Gasteiger partial charge in [-0.3, -0.25) is 9.59 Å². The van der Waals surface area contributed by atoms with Gasteiger partial charge in [0.2, 0.25) is 5.91 Å². The average Bonchev–Trinajstić information content (AvgIpc) is 3.20. The molecule has 2 amide bonds. The molecule has 1 aliphatic rings. The van der Waals surface area contributed by atoms with Crippen molar-refractivity contribution in [2.45, 2.75) is 11.4 Å². The Hall–Kier alpha value is -3.13. The van der Waals surface area contributed by atoms with Gasteiger partial charge in [-0.2, -0.15) is 5.10 Å². The summed E-state index contributed by atoms with van der Waals surface area (Å²) in [6.07, 6.45) is 3.11. The Kier molecular flexibility index (Phi) is 4.40. The van der Waals surface area contributed by atoms with E-state index in [0.717, 1.165) is 16.1 Å². The zero-order valence-corrected chi connectivity index (χ0v) is 14.5. The zero-order chi connectivity index (χ0) is 17.9. The van der Waals surface area contributed by atoms with Crippen LogP contribution in [0.5, 0.6) is 0 Å². The first kappa shape index (κ1) is 16.3. The maximum absolute atomic E-state index is 12.4. The molecular formula is C18H15N5O2S. The van der Waals surface area contributed by atoms with E-state index in [1.165, 1.54) is 18.1 Å². The van der Waals surface area contributed by atoms with E-state index in [1.807, 2.05) is 30.3 Å². The van der Waals surface area contributed by atoms with Crippen molar-refractivity contribution in [1.82, 2.24) is 20.1 Å². The molecule has 0 radical (unpaired) electrons. The Morgan fingerprint density at radius 2 is 2.08 bits per heavy atom. The Labute approximate surface area is 153 Å². The van der Waals surface area contributed by atoms with Crippen LogP contribution in [0.3, 0.4) is 0 Å². The maximum atomic E-state index is 12.4. The normalized spacial score (nSPS) is 13.0. The number of nitrogens with one attached hydrogen (secondary N) is 2. The summed E-state index contributed by atoms with van der Waals surface area (Å²) in [5.41, 5.74) is 3.09. The molecule has 2 N–H and O–H groups in total. The highest BCUT2D eigenvalue weighted by Crippen LogP contribution is 2.31. The first-order chi connectivity index (χ1) is 12.7. The topological polar surface area (TPSA) is 88.9 Å². The molecule has 0 fully saturated rings. The fourth-order valence-corrected chi connectivity index (χ4v) is 3.41. The van der Waals surface area contributed by atoms with Gasteiger partial charge in [-0.25, -0.2) is 9.67 Å². The van der Waals surface area contributed by atoms with Crippen LogP contribution in [0, 0.1) is 0 Å². The quantitative estimate of drug-likeness (QED) is 0.740. The van der Waals surface area contributed by atoms with Gasteiger partial charge in [-0.1, -0.05) is 12.1 Å². The van der Waals surface area contributed by atoms with Gasteiger partial charge >= 0.3 is 0 Å². The summed E-state index contributed by atoms with van der Waals surface area (Å²) in [6, 6.07) is 13.0. The van der Waals surface area contributed by atoms with Crippen LogP contribution in [0.1, 0.15) is 15.9 Å². The Morgan fingerprint density at radius 3 is 2.85 bits per heavy atom. The molecule has 1 aromatic heterocycles. The first-order valence-corrected chi connectivity index (χ1v) is 8.96. The van der Waals surface area contributed by atoms with E-state index in [4.69, 9.17) is 0 Å². The lowest BCUT2D eigenvalue weighted by Crippen LogP contribution is -2.24. The largest absolute Gasteiger partial charge is 0.348 e. The highest BCUT2D eigenvalue weighted by Gasteiger charge is 2.17. The number of aromatic nitrogens is 3. The third kappa shape index (κ3) is 3.45. The third-order valence-electron chi connectivity index (χ3n) is 3.95. The number of hydrogen-bond acceptors (Lipinski definition) is 5. The number of amides is 2. The van der Waals surface area contributed by atoms with Gasteiger partial charge in [0, 0.05) is 17.0 Å². The van der Waals surface area contributed by atoms with E-state index in [1.54, 1.807) is 23.1 Å². The van der Waals surface area contributed by atoms with Crippen LogP contribution >= 0.6 is 11.8 Å². The second-order valence-corrected chi connectivity index (χ2v) is 6.75. The van der Waals surface area contributed by atoms with Crippen LogP contribution in [0.4, 0.5) is 5.69 Å². The maximum Gasteiger partial charge on any atom is 0.251 e. The molecule has 0 aliphatic carbocycles. The lowest BCUT2D eigenvalue weighted by atomic mass is 10.1. The summed E-state index contributed by atoms with van der Waals surface area (Å²) in [6.45, 7) is 0.411. The summed E-state index contributed by atoms with van der Waals surface area (Å²) in [5.74, 6) is 0.175. The lowest BCUT2D eigenvalue weighted by molar-refractivity contribution is -0.113. The number of benzene rings is 2. The summed E-state index contributed by atoms with van der Waals surface area (Å²) < 4.78 is 1.67. The van der Waals surface area contributed by atoms with Gasteiger partial charge in [-0.05, 0) is 35.9 Å². The predicted octanol–water partition coefficient (Wildman–Crippen LogP) is 2.24. The van der Waals surface area contributed by atoms with Crippen LogP contribution in [0.15, 0.2) is 60.0 Å². The summed E-state index contributed by atoms with van der Waals surface area (Å²) >= 11 is 1.47. The molecular weight excluding hydrogens is 350 g/mol. The highest BCUT2D eigenvalue weighted by atomic mass is 32.2. The van der Waals surface area contributed by atoms with Crippen LogP contribution in [0.2, 0.25) is 0 Å². The fourth-order valence-electron chi connectivity index (χ4n) is 2.62. The first-order valence-electron chi connectivity index (χ1n) is 7.98. The molecule has 7 nitrogen and oxygen atoms in total. The number of carbonyl (C=O) groups excluding carboxylic acids is 2. The molecule has 0 saturated carbocycles. The second kappa shape index (κ2) is 7.01. The van der Waals surface area contributed by atoms with E-state index >= 15 is 0 Å². The minimum atomic E-state index is -0.182. The molecule has 26 heavy (non-hydrogen) atoms. The van der Waals surface area contributed by atoms with Gasteiger partial charge in [0.15, 0.2) is 0 Å². The van der Waals surface area contributed by atoms with E-state index in [-0.39, 0.29) is 11.8 Å². The van der Waals surface area contributed by atoms with Gasteiger partial charge in [-0.15, -0.1) is 11.8 Å². The number of hydrogen-bond donors (Lipinski definition) is 2. The number of carbonyl (C=O) groups is 2. The molecule has 4 rings (SSSR count). The number of fused-ring (bicyclic) bond motifs is 1. The van der Waals surface area contributed by atoms with E-state index in [9.17, 15) is 9.59 Å². The molecule has 2 heterocycles. The van der Waals surface area contributed by atoms with Crippen molar-refractivity contribution in [2.75, 3.05) is 11.1 Å². The van der Waals surface area contributed by atoms with Gasteiger partial charge in [0.05, 0.1) is 17.1 Å². The third-order valence-corrected chi connectivity index (χ3v) is 5.02. The standard InChI is InChI=1S/C18H15N5O2S/c24-17-9-26-16-6-3-13(7-15(16)22-17)18(25)20-8-12-1-4-14(5-2-12)23-11-19-10-21-23/h1-7,10-11H,8-9H2,(H,20,25)(H,22,24). The summed E-state index contributed by atoms with van der Waals surface area (Å²) in [4.78, 5) is 28.8. The second-order valence-electron chi connectivity index (χ2n) is 5.74. The van der Waals surface area contributed by atoms with Crippen LogP contribution < -0.4 is 10.6 Å². The molecule has 0 saturated heterocycles. The van der Waals surface area contributed by atoms with E-state index in [0.29, 0.717) is 23.5 Å². The van der Waals surface area contributed by atoms with Crippen molar-refractivity contribution in [3.05, 3.63) is 66.2 Å². The monoisotopic (exact) mass is 365 g/mol. The van der Waals surface area contributed by atoms with Crippen LogP contribution in [0.25, 0.3) is 5.69 Å². The molecule has 8 heteroatoms. The molecule has 0 bridgehead atoms. The predicted molar refractivity (Wildman–Crippen MR) is 98.3 cm³/mol. The SMILES string of the molecule is O=C1CSc2ccc(C(=O)NCc3ccc(-n4cncn4)cc3)cc2N1. The average molecular weight is 365 g/mol.